The maximum Gasteiger partial charge on any atom is 0.417 e. The highest BCUT2D eigenvalue weighted by atomic mass is 32.2. The van der Waals surface area contributed by atoms with E-state index in [-0.39, 0.29) is 24.6 Å². The van der Waals surface area contributed by atoms with Crippen LogP contribution in [0.4, 0.5) is 33.9 Å². The second kappa shape index (κ2) is 9.89. The molecule has 1 aromatic carbocycles. The minimum atomic E-state index is -4.56. The smallest absolute Gasteiger partial charge is 0.326 e. The highest BCUT2D eigenvalue weighted by Crippen LogP contribution is 2.48. The lowest BCUT2D eigenvalue weighted by atomic mass is 9.95. The zero-order valence-electron chi connectivity index (χ0n) is 19.7. The van der Waals surface area contributed by atoms with Crippen molar-refractivity contribution in [3.63, 3.8) is 0 Å². The van der Waals surface area contributed by atoms with E-state index in [2.05, 4.69) is 20.3 Å². The Morgan fingerprint density at radius 3 is 2.51 bits per heavy atom. The number of benzene rings is 1. The molecule has 2 heterocycles. The highest BCUT2D eigenvalue weighted by molar-refractivity contribution is 7.88. The van der Waals surface area contributed by atoms with Crippen LogP contribution in [0.1, 0.15) is 36.8 Å². The van der Waals surface area contributed by atoms with Crippen LogP contribution >= 0.6 is 0 Å². The summed E-state index contributed by atoms with van der Waals surface area (Å²) >= 11 is 0. The standard InChI is InChI=1S/C23H25F4N5O4S/c1-37(35,36)29-13-22(8-9-22)14-4-6-18(16(24)11-14)32-10-2-3-17(20(32)33)30-21(34)31-19-7-5-15(12-28-19)23(25,26)27/h4-7,11-12,17,29H,2-3,8-10,13H2,1H3,(H2,28,30,31,34)/t17-/m1/s1. The normalized spacial score (nSPS) is 19.4. The third-order valence-corrected chi connectivity index (χ3v) is 7.12. The average molecular weight is 544 g/mol. The Bertz CT molecular complexity index is 1300. The summed E-state index contributed by atoms with van der Waals surface area (Å²) in [6.07, 6.45) is -0.761. The Labute approximate surface area is 210 Å². The number of piperidine rings is 1. The number of carbonyl (C=O) groups is 2. The van der Waals surface area contributed by atoms with Gasteiger partial charge >= 0.3 is 12.2 Å². The zero-order valence-corrected chi connectivity index (χ0v) is 20.5. The number of hydrogen-bond acceptors (Lipinski definition) is 5. The molecule has 0 spiro atoms. The Morgan fingerprint density at radius 2 is 1.95 bits per heavy atom. The van der Waals surface area contributed by atoms with Crippen molar-refractivity contribution in [3.8, 4) is 0 Å². The molecule has 14 heteroatoms. The number of carbonyl (C=O) groups excluding carboxylic acids is 2. The van der Waals surface area contributed by atoms with E-state index < -0.39 is 51.0 Å². The lowest BCUT2D eigenvalue weighted by molar-refractivity contribution is -0.137. The fraction of sp³-hybridized carbons (Fsp3) is 0.435. The molecule has 1 atom stereocenters. The average Bonchev–Trinajstić information content (AvgIpc) is 3.60. The number of pyridine rings is 1. The van der Waals surface area contributed by atoms with Crippen molar-refractivity contribution in [1.82, 2.24) is 15.0 Å². The Hall–Kier alpha value is -3.26. The molecule has 2 fully saturated rings. The van der Waals surface area contributed by atoms with Crippen LogP contribution < -0.4 is 20.3 Å². The fourth-order valence-electron chi connectivity index (χ4n) is 4.24. The van der Waals surface area contributed by atoms with Crippen molar-refractivity contribution in [2.45, 2.75) is 43.3 Å². The van der Waals surface area contributed by atoms with Crippen molar-refractivity contribution in [3.05, 3.63) is 53.5 Å². The highest BCUT2D eigenvalue weighted by Gasteiger charge is 2.45. The van der Waals surface area contributed by atoms with Crippen LogP contribution in [0.15, 0.2) is 36.5 Å². The molecule has 1 aliphatic heterocycles. The number of anilines is 2. The molecule has 200 valence electrons. The molecule has 0 bridgehead atoms. The number of nitrogens with one attached hydrogen (secondary N) is 3. The molecule has 1 saturated carbocycles. The number of rotatable bonds is 7. The molecule has 2 aromatic rings. The maximum atomic E-state index is 15.1. The van der Waals surface area contributed by atoms with Crippen LogP contribution in [-0.4, -0.2) is 50.7 Å². The van der Waals surface area contributed by atoms with Crippen molar-refractivity contribution >= 4 is 33.5 Å². The van der Waals surface area contributed by atoms with E-state index in [1.54, 1.807) is 6.07 Å². The summed E-state index contributed by atoms with van der Waals surface area (Å²) in [4.78, 5) is 30.2. The first-order valence-electron chi connectivity index (χ1n) is 11.4. The van der Waals surface area contributed by atoms with Gasteiger partial charge in [-0.25, -0.2) is 27.3 Å². The largest absolute Gasteiger partial charge is 0.417 e. The van der Waals surface area contributed by atoms with Crippen molar-refractivity contribution in [2.75, 3.05) is 29.6 Å². The van der Waals surface area contributed by atoms with Crippen LogP contribution in [0.3, 0.4) is 0 Å². The third kappa shape index (κ3) is 6.36. The fourth-order valence-corrected chi connectivity index (χ4v) is 4.78. The summed E-state index contributed by atoms with van der Waals surface area (Å²) < 4.78 is 78.5. The molecule has 37 heavy (non-hydrogen) atoms. The van der Waals surface area contributed by atoms with Gasteiger partial charge in [0.15, 0.2) is 0 Å². The second-order valence-electron chi connectivity index (χ2n) is 9.25. The first kappa shape index (κ1) is 26.8. The third-order valence-electron chi connectivity index (χ3n) is 6.45. The van der Waals surface area contributed by atoms with Crippen LogP contribution in [0.5, 0.6) is 0 Å². The van der Waals surface area contributed by atoms with Gasteiger partial charge in [0.2, 0.25) is 15.9 Å². The Morgan fingerprint density at radius 1 is 1.22 bits per heavy atom. The van der Waals surface area contributed by atoms with Crippen LogP contribution in [0.25, 0.3) is 0 Å². The van der Waals surface area contributed by atoms with Crippen molar-refractivity contribution < 1.29 is 35.6 Å². The van der Waals surface area contributed by atoms with Crippen molar-refractivity contribution in [2.24, 2.45) is 0 Å². The number of sulfonamides is 1. The van der Waals surface area contributed by atoms with Gasteiger partial charge in [0.1, 0.15) is 17.7 Å². The molecule has 1 aromatic heterocycles. The maximum absolute atomic E-state index is 15.1. The number of amides is 3. The monoisotopic (exact) mass is 543 g/mol. The molecule has 2 aliphatic rings. The van der Waals surface area contributed by atoms with Gasteiger partial charge in [-0.2, -0.15) is 13.2 Å². The minimum Gasteiger partial charge on any atom is -0.326 e. The second-order valence-corrected chi connectivity index (χ2v) is 11.1. The van der Waals surface area contributed by atoms with Gasteiger partial charge in [-0.15, -0.1) is 0 Å². The molecule has 1 saturated heterocycles. The van der Waals surface area contributed by atoms with Gasteiger partial charge in [-0.05, 0) is 55.5 Å². The summed E-state index contributed by atoms with van der Waals surface area (Å²) in [5.41, 5.74) is -0.781. The van der Waals surface area contributed by atoms with E-state index in [0.29, 0.717) is 37.4 Å². The quantitative estimate of drug-likeness (QED) is 0.464. The molecule has 1 aliphatic carbocycles. The number of urea groups is 1. The summed E-state index contributed by atoms with van der Waals surface area (Å²) in [6, 6.07) is 4.39. The van der Waals surface area contributed by atoms with Gasteiger partial charge in [0.05, 0.1) is 17.5 Å². The molecule has 9 nitrogen and oxygen atoms in total. The van der Waals surface area contributed by atoms with E-state index >= 15 is 4.39 Å². The number of aromatic nitrogens is 1. The summed E-state index contributed by atoms with van der Waals surface area (Å²) in [5, 5.41) is 4.75. The molecule has 3 amide bonds. The molecule has 0 unspecified atom stereocenters. The lowest BCUT2D eigenvalue weighted by Crippen LogP contribution is -2.53. The number of nitrogens with zero attached hydrogens (tertiary/aromatic N) is 2. The predicted octanol–water partition coefficient (Wildman–Crippen LogP) is 3.14. The molecular formula is C23H25F4N5O4S. The van der Waals surface area contributed by atoms with E-state index in [4.69, 9.17) is 0 Å². The summed E-state index contributed by atoms with van der Waals surface area (Å²) in [7, 11) is -3.40. The van der Waals surface area contributed by atoms with Crippen LogP contribution in [0, 0.1) is 5.82 Å². The topological polar surface area (TPSA) is 120 Å². The van der Waals surface area contributed by atoms with Gasteiger partial charge in [-0.3, -0.25) is 10.1 Å². The first-order valence-corrected chi connectivity index (χ1v) is 13.3. The zero-order chi connectivity index (χ0) is 27.0. The SMILES string of the molecule is CS(=O)(=O)NCC1(c2ccc(N3CCC[C@@H](NC(=O)Nc4ccc(C(F)(F)F)cn4)C3=O)c(F)c2)CC1. The molecule has 3 N–H and O–H groups in total. The van der Waals surface area contributed by atoms with Gasteiger partial charge in [0.25, 0.3) is 0 Å². The van der Waals surface area contributed by atoms with Gasteiger partial charge < -0.3 is 10.2 Å². The van der Waals surface area contributed by atoms with Crippen LogP contribution in [0.2, 0.25) is 0 Å². The lowest BCUT2D eigenvalue weighted by Gasteiger charge is -2.33. The number of halogens is 4. The summed E-state index contributed by atoms with van der Waals surface area (Å²) in [6.45, 7) is 0.387. The molecule has 0 radical (unpaired) electrons. The van der Waals surface area contributed by atoms with E-state index in [0.717, 1.165) is 18.4 Å². The van der Waals surface area contributed by atoms with Crippen LogP contribution in [-0.2, 0) is 26.4 Å². The summed E-state index contributed by atoms with van der Waals surface area (Å²) in [5.74, 6) is -1.31. The van der Waals surface area contributed by atoms with E-state index in [9.17, 15) is 31.2 Å². The van der Waals surface area contributed by atoms with Gasteiger partial charge in [0, 0.05) is 24.7 Å². The Balaban J connectivity index is 1.40. The minimum absolute atomic E-state index is 0.0388. The number of hydrogen-bond donors (Lipinski definition) is 3. The van der Waals surface area contributed by atoms with Crippen molar-refractivity contribution in [1.29, 1.82) is 0 Å². The molecule has 4 rings (SSSR count). The number of alkyl halides is 3. The first-order chi connectivity index (χ1) is 17.3. The van der Waals surface area contributed by atoms with Gasteiger partial charge in [-0.1, -0.05) is 6.07 Å². The van der Waals surface area contributed by atoms with E-state index in [1.165, 1.54) is 17.0 Å². The Kier molecular flexibility index (Phi) is 7.16. The predicted molar refractivity (Wildman–Crippen MR) is 127 cm³/mol. The van der Waals surface area contributed by atoms with E-state index in [1.807, 2.05) is 0 Å². The molecular weight excluding hydrogens is 518 g/mol.